The predicted octanol–water partition coefficient (Wildman–Crippen LogP) is 0.283. The summed E-state index contributed by atoms with van der Waals surface area (Å²) in [5.74, 6) is 0.623. The van der Waals surface area contributed by atoms with Crippen molar-refractivity contribution >= 4 is 6.41 Å². The molecule has 3 heteroatoms. The van der Waals surface area contributed by atoms with Gasteiger partial charge in [0.15, 0.2) is 0 Å². The van der Waals surface area contributed by atoms with Crippen molar-refractivity contribution in [2.24, 2.45) is 5.92 Å². The molecule has 1 fully saturated rings. The van der Waals surface area contributed by atoms with E-state index in [4.69, 9.17) is 5.11 Å². The van der Waals surface area contributed by atoms with Crippen LogP contribution in [0.3, 0.4) is 0 Å². The summed E-state index contributed by atoms with van der Waals surface area (Å²) in [6.07, 6.45) is 4.62. The van der Waals surface area contributed by atoms with Crippen LogP contribution < -0.4 is 5.32 Å². The molecular weight excluding hydrogens is 142 g/mol. The average Bonchev–Trinajstić information content (AvgIpc) is 2.37. The summed E-state index contributed by atoms with van der Waals surface area (Å²) in [4.78, 5) is 9.88. The van der Waals surface area contributed by atoms with Gasteiger partial charge in [-0.3, -0.25) is 4.79 Å². The molecule has 0 aromatic carbocycles. The molecule has 3 nitrogen and oxygen atoms in total. The van der Waals surface area contributed by atoms with Crippen LogP contribution in [0.2, 0.25) is 0 Å². The van der Waals surface area contributed by atoms with Crippen molar-refractivity contribution in [1.29, 1.82) is 0 Å². The van der Waals surface area contributed by atoms with Gasteiger partial charge in [0.1, 0.15) is 0 Å². The second kappa shape index (κ2) is 4.34. The molecule has 0 aromatic rings. The standard InChI is InChI=1S/C8H15NO2/c10-6-9-4-3-7-1-2-8(11)5-7/h6-8,11H,1-5H2,(H,9,10)/t7?,8-/m0/s1. The van der Waals surface area contributed by atoms with E-state index in [-0.39, 0.29) is 6.10 Å². The Morgan fingerprint density at radius 1 is 1.55 bits per heavy atom. The molecular formula is C8H15NO2. The first-order valence-corrected chi connectivity index (χ1v) is 4.18. The summed E-state index contributed by atoms with van der Waals surface area (Å²) in [5, 5.41) is 11.8. The molecule has 1 aliphatic carbocycles. The molecule has 64 valence electrons. The largest absolute Gasteiger partial charge is 0.393 e. The van der Waals surface area contributed by atoms with Gasteiger partial charge in [-0.25, -0.2) is 0 Å². The molecule has 1 rings (SSSR count). The van der Waals surface area contributed by atoms with E-state index in [0.717, 1.165) is 38.6 Å². The van der Waals surface area contributed by atoms with Crippen LogP contribution in [-0.4, -0.2) is 24.2 Å². The van der Waals surface area contributed by atoms with Gasteiger partial charge in [-0.1, -0.05) is 0 Å². The van der Waals surface area contributed by atoms with Crippen LogP contribution in [0.25, 0.3) is 0 Å². The summed E-state index contributed by atoms with van der Waals surface area (Å²) in [5.41, 5.74) is 0. The Morgan fingerprint density at radius 2 is 2.36 bits per heavy atom. The summed E-state index contributed by atoms with van der Waals surface area (Å²) >= 11 is 0. The van der Waals surface area contributed by atoms with Gasteiger partial charge in [0.2, 0.25) is 6.41 Å². The maximum absolute atomic E-state index is 9.88. The molecule has 0 saturated heterocycles. The minimum Gasteiger partial charge on any atom is -0.393 e. The Balaban J connectivity index is 2.03. The molecule has 0 bridgehead atoms. The molecule has 0 aliphatic heterocycles. The van der Waals surface area contributed by atoms with Gasteiger partial charge in [0, 0.05) is 6.54 Å². The van der Waals surface area contributed by atoms with Crippen LogP contribution in [0.15, 0.2) is 0 Å². The van der Waals surface area contributed by atoms with Gasteiger partial charge >= 0.3 is 0 Å². The predicted molar refractivity (Wildman–Crippen MR) is 42.0 cm³/mol. The van der Waals surface area contributed by atoms with Crippen molar-refractivity contribution < 1.29 is 9.90 Å². The van der Waals surface area contributed by atoms with E-state index in [0.29, 0.717) is 5.92 Å². The molecule has 1 aliphatic rings. The molecule has 2 N–H and O–H groups in total. The summed E-state index contributed by atoms with van der Waals surface area (Å²) in [7, 11) is 0. The molecule has 1 saturated carbocycles. The lowest BCUT2D eigenvalue weighted by Gasteiger charge is -2.06. The lowest BCUT2D eigenvalue weighted by molar-refractivity contribution is -0.109. The number of nitrogens with one attached hydrogen (secondary N) is 1. The topological polar surface area (TPSA) is 49.3 Å². The first-order chi connectivity index (χ1) is 5.33. The van der Waals surface area contributed by atoms with Gasteiger partial charge in [-0.15, -0.1) is 0 Å². The van der Waals surface area contributed by atoms with Crippen LogP contribution >= 0.6 is 0 Å². The number of amides is 1. The van der Waals surface area contributed by atoms with E-state index in [1.165, 1.54) is 0 Å². The molecule has 11 heavy (non-hydrogen) atoms. The second-order valence-corrected chi connectivity index (χ2v) is 3.19. The minimum atomic E-state index is -0.0868. The Morgan fingerprint density at radius 3 is 2.91 bits per heavy atom. The smallest absolute Gasteiger partial charge is 0.207 e. The van der Waals surface area contributed by atoms with E-state index in [1.807, 2.05) is 0 Å². The molecule has 0 spiro atoms. The zero-order valence-corrected chi connectivity index (χ0v) is 6.62. The highest BCUT2D eigenvalue weighted by Gasteiger charge is 2.21. The lowest BCUT2D eigenvalue weighted by atomic mass is 10.0. The molecule has 1 amide bonds. The second-order valence-electron chi connectivity index (χ2n) is 3.19. The number of hydrogen-bond acceptors (Lipinski definition) is 2. The fourth-order valence-electron chi connectivity index (χ4n) is 1.66. The van der Waals surface area contributed by atoms with Crippen molar-refractivity contribution in [2.75, 3.05) is 6.54 Å². The monoisotopic (exact) mass is 157 g/mol. The minimum absolute atomic E-state index is 0.0868. The fraction of sp³-hybridized carbons (Fsp3) is 0.875. The molecule has 1 unspecified atom stereocenters. The van der Waals surface area contributed by atoms with Gasteiger partial charge in [-0.05, 0) is 31.6 Å². The summed E-state index contributed by atoms with van der Waals surface area (Å²) in [6.45, 7) is 0.751. The lowest BCUT2D eigenvalue weighted by Crippen LogP contribution is -2.15. The van der Waals surface area contributed by atoms with E-state index >= 15 is 0 Å². The van der Waals surface area contributed by atoms with Crippen LogP contribution in [0.1, 0.15) is 25.7 Å². The SMILES string of the molecule is O=CNCCC1CC[C@H](O)C1. The highest BCUT2D eigenvalue weighted by molar-refractivity contribution is 5.45. The zero-order chi connectivity index (χ0) is 8.10. The van der Waals surface area contributed by atoms with E-state index in [9.17, 15) is 4.79 Å². The average molecular weight is 157 g/mol. The third-order valence-electron chi connectivity index (χ3n) is 2.29. The van der Waals surface area contributed by atoms with Crippen molar-refractivity contribution in [3.63, 3.8) is 0 Å². The first-order valence-electron chi connectivity index (χ1n) is 4.18. The Kier molecular flexibility index (Phi) is 3.36. The fourth-order valence-corrected chi connectivity index (χ4v) is 1.66. The van der Waals surface area contributed by atoms with E-state index < -0.39 is 0 Å². The van der Waals surface area contributed by atoms with E-state index in [1.54, 1.807) is 0 Å². The van der Waals surface area contributed by atoms with Crippen molar-refractivity contribution in [3.05, 3.63) is 0 Å². The molecule has 0 heterocycles. The molecule has 2 atom stereocenters. The van der Waals surface area contributed by atoms with Gasteiger partial charge in [0.25, 0.3) is 0 Å². The summed E-state index contributed by atoms with van der Waals surface area (Å²) < 4.78 is 0. The summed E-state index contributed by atoms with van der Waals surface area (Å²) in [6, 6.07) is 0. The number of aliphatic hydroxyl groups excluding tert-OH is 1. The highest BCUT2D eigenvalue weighted by atomic mass is 16.3. The number of carbonyl (C=O) groups is 1. The Hall–Kier alpha value is -0.570. The third-order valence-corrected chi connectivity index (χ3v) is 2.29. The number of rotatable bonds is 4. The highest BCUT2D eigenvalue weighted by Crippen LogP contribution is 2.27. The normalized spacial score (nSPS) is 30.3. The Labute approximate surface area is 66.8 Å². The third kappa shape index (κ3) is 2.89. The van der Waals surface area contributed by atoms with Crippen LogP contribution in [0, 0.1) is 5.92 Å². The maximum atomic E-state index is 9.88. The van der Waals surface area contributed by atoms with Gasteiger partial charge in [0.05, 0.1) is 6.10 Å². The molecule has 0 aromatic heterocycles. The van der Waals surface area contributed by atoms with Crippen LogP contribution in [0.4, 0.5) is 0 Å². The van der Waals surface area contributed by atoms with Crippen molar-refractivity contribution in [3.8, 4) is 0 Å². The van der Waals surface area contributed by atoms with Crippen molar-refractivity contribution in [1.82, 2.24) is 5.32 Å². The Bertz CT molecular complexity index is 127. The first kappa shape index (κ1) is 8.53. The zero-order valence-electron chi connectivity index (χ0n) is 6.62. The number of hydrogen-bond donors (Lipinski definition) is 2. The van der Waals surface area contributed by atoms with Gasteiger partial charge in [-0.2, -0.15) is 0 Å². The van der Waals surface area contributed by atoms with Crippen LogP contribution in [-0.2, 0) is 4.79 Å². The maximum Gasteiger partial charge on any atom is 0.207 e. The quantitative estimate of drug-likeness (QED) is 0.455. The van der Waals surface area contributed by atoms with Crippen LogP contribution in [0.5, 0.6) is 0 Å². The van der Waals surface area contributed by atoms with Crippen molar-refractivity contribution in [2.45, 2.75) is 31.8 Å². The van der Waals surface area contributed by atoms with E-state index in [2.05, 4.69) is 5.32 Å². The number of aliphatic hydroxyl groups is 1. The van der Waals surface area contributed by atoms with Gasteiger partial charge < -0.3 is 10.4 Å². The number of carbonyl (C=O) groups excluding carboxylic acids is 1. The molecule has 0 radical (unpaired) electrons.